The first-order chi connectivity index (χ1) is 15.3. The number of carbonyl (C=O) groups is 3. The number of carbonyl (C=O) groups excluding carboxylic acids is 3. The molecular formula is C24H36N4O4. The van der Waals surface area contributed by atoms with Gasteiger partial charge in [0.2, 0.25) is 17.7 Å². The summed E-state index contributed by atoms with van der Waals surface area (Å²) in [5.74, 6) is 0.640. The topological polar surface area (TPSA) is 119 Å². The molecule has 0 radical (unpaired) electrons. The predicted molar refractivity (Wildman–Crippen MR) is 122 cm³/mol. The van der Waals surface area contributed by atoms with Gasteiger partial charge < -0.3 is 26.0 Å². The lowest BCUT2D eigenvalue weighted by atomic mass is 10.1. The molecule has 8 heteroatoms. The normalized spacial score (nSPS) is 25.0. The smallest absolute Gasteiger partial charge is 0.242 e. The zero-order chi connectivity index (χ0) is 23.3. The van der Waals surface area contributed by atoms with Gasteiger partial charge in [0.15, 0.2) is 0 Å². The minimum Gasteiger partial charge on any atom is -0.493 e. The summed E-state index contributed by atoms with van der Waals surface area (Å²) in [5, 5.41) is 0. The van der Waals surface area contributed by atoms with Crippen molar-refractivity contribution in [2.45, 2.75) is 70.5 Å². The molecule has 0 bridgehead atoms. The maximum absolute atomic E-state index is 12.5. The van der Waals surface area contributed by atoms with Gasteiger partial charge >= 0.3 is 0 Å². The number of nitrogens with two attached hydrogens (primary N) is 2. The van der Waals surface area contributed by atoms with Crippen LogP contribution in [0.15, 0.2) is 24.3 Å². The largest absolute Gasteiger partial charge is 0.493 e. The van der Waals surface area contributed by atoms with Crippen molar-refractivity contribution >= 4 is 17.7 Å². The Balaban J connectivity index is 0.000000238. The van der Waals surface area contributed by atoms with Gasteiger partial charge in [0, 0.05) is 25.6 Å². The van der Waals surface area contributed by atoms with Crippen molar-refractivity contribution in [1.29, 1.82) is 0 Å². The van der Waals surface area contributed by atoms with Gasteiger partial charge in [-0.1, -0.05) is 32.0 Å². The summed E-state index contributed by atoms with van der Waals surface area (Å²) >= 11 is 0. The van der Waals surface area contributed by atoms with Crippen molar-refractivity contribution in [3.63, 3.8) is 0 Å². The second-order valence-corrected chi connectivity index (χ2v) is 9.29. The SMILES string of the molecule is CC(C)CC(=O)N1CCC2CCC(C(N)=O)N2C(=O)C(N)C1.c1ccc2c(c1)CCCO2. The monoisotopic (exact) mass is 444 g/mol. The maximum Gasteiger partial charge on any atom is 0.242 e. The van der Waals surface area contributed by atoms with Crippen LogP contribution in [0.1, 0.15) is 51.5 Å². The average Bonchev–Trinajstić information content (AvgIpc) is 3.19. The summed E-state index contributed by atoms with van der Waals surface area (Å²) in [7, 11) is 0. The highest BCUT2D eigenvalue weighted by Gasteiger charge is 2.43. The molecule has 3 amide bonds. The van der Waals surface area contributed by atoms with E-state index in [0.717, 1.165) is 25.2 Å². The quantitative estimate of drug-likeness (QED) is 0.731. The standard InChI is InChI=1S/C15H26N4O3.C9H10O/c1-9(2)7-13(20)18-6-5-10-3-4-12(14(17)21)19(10)15(22)11(16)8-18;1-2-6-9-8(4-1)5-3-7-10-9/h9-12H,3-8,16H2,1-2H3,(H2,17,21);1-2,4,6H,3,5,7H2. The number of ether oxygens (including phenoxy) is 1. The first-order valence-electron chi connectivity index (χ1n) is 11.6. The number of para-hydroxylation sites is 1. The molecule has 3 aliphatic heterocycles. The third-order valence-electron chi connectivity index (χ3n) is 6.31. The van der Waals surface area contributed by atoms with E-state index >= 15 is 0 Å². The number of aryl methyl sites for hydroxylation is 1. The predicted octanol–water partition coefficient (Wildman–Crippen LogP) is 1.45. The zero-order valence-corrected chi connectivity index (χ0v) is 19.2. The molecule has 32 heavy (non-hydrogen) atoms. The average molecular weight is 445 g/mol. The molecule has 8 nitrogen and oxygen atoms in total. The van der Waals surface area contributed by atoms with E-state index in [1.807, 2.05) is 26.0 Å². The van der Waals surface area contributed by atoms with Crippen LogP contribution >= 0.6 is 0 Å². The fourth-order valence-corrected chi connectivity index (χ4v) is 4.68. The van der Waals surface area contributed by atoms with Crippen molar-refractivity contribution in [2.75, 3.05) is 19.7 Å². The highest BCUT2D eigenvalue weighted by Crippen LogP contribution is 2.29. The van der Waals surface area contributed by atoms with Crippen LogP contribution in [0.4, 0.5) is 0 Å². The molecule has 0 spiro atoms. The summed E-state index contributed by atoms with van der Waals surface area (Å²) in [6.07, 6.45) is 4.79. The molecule has 1 aromatic carbocycles. The Morgan fingerprint density at radius 2 is 1.94 bits per heavy atom. The van der Waals surface area contributed by atoms with Crippen LogP contribution in [-0.4, -0.2) is 65.3 Å². The van der Waals surface area contributed by atoms with E-state index in [9.17, 15) is 14.4 Å². The lowest BCUT2D eigenvalue weighted by Crippen LogP contribution is -2.58. The molecule has 3 atom stereocenters. The molecule has 1 aromatic rings. The second-order valence-electron chi connectivity index (χ2n) is 9.29. The van der Waals surface area contributed by atoms with E-state index in [2.05, 4.69) is 12.1 Å². The Morgan fingerprint density at radius 1 is 1.19 bits per heavy atom. The van der Waals surface area contributed by atoms with Crippen molar-refractivity contribution in [3.8, 4) is 5.75 Å². The number of fused-ring (bicyclic) bond motifs is 2. The first kappa shape index (κ1) is 24.0. The van der Waals surface area contributed by atoms with Crippen LogP contribution in [0.25, 0.3) is 0 Å². The third-order valence-corrected chi connectivity index (χ3v) is 6.31. The van der Waals surface area contributed by atoms with Crippen molar-refractivity contribution in [1.82, 2.24) is 9.80 Å². The molecule has 0 saturated carbocycles. The molecular weight excluding hydrogens is 408 g/mol. The summed E-state index contributed by atoms with van der Waals surface area (Å²) in [5.41, 5.74) is 12.7. The van der Waals surface area contributed by atoms with Gasteiger partial charge in [-0.05, 0) is 49.7 Å². The van der Waals surface area contributed by atoms with Gasteiger partial charge in [-0.3, -0.25) is 14.4 Å². The molecule has 0 aromatic heterocycles. The van der Waals surface area contributed by atoms with E-state index in [-0.39, 0.29) is 30.3 Å². The van der Waals surface area contributed by atoms with Crippen LogP contribution in [-0.2, 0) is 20.8 Å². The van der Waals surface area contributed by atoms with Gasteiger partial charge in [0.25, 0.3) is 0 Å². The van der Waals surface area contributed by atoms with Crippen LogP contribution in [0.5, 0.6) is 5.75 Å². The van der Waals surface area contributed by atoms with Crippen LogP contribution in [0.3, 0.4) is 0 Å². The zero-order valence-electron chi connectivity index (χ0n) is 19.2. The molecule has 176 valence electrons. The highest BCUT2D eigenvalue weighted by molar-refractivity contribution is 5.90. The Morgan fingerprint density at radius 3 is 2.62 bits per heavy atom. The number of hydrogen-bond donors (Lipinski definition) is 2. The molecule has 3 unspecified atom stereocenters. The number of primary amides is 1. The summed E-state index contributed by atoms with van der Waals surface area (Å²) in [6, 6.07) is 6.85. The molecule has 0 aliphatic carbocycles. The van der Waals surface area contributed by atoms with Gasteiger partial charge in [0.1, 0.15) is 17.8 Å². The summed E-state index contributed by atoms with van der Waals surface area (Å²) < 4.78 is 5.42. The van der Waals surface area contributed by atoms with E-state index in [0.29, 0.717) is 25.8 Å². The maximum atomic E-state index is 12.5. The molecule has 2 fully saturated rings. The second kappa shape index (κ2) is 10.8. The lowest BCUT2D eigenvalue weighted by Gasteiger charge is -2.37. The van der Waals surface area contributed by atoms with Crippen molar-refractivity contribution < 1.29 is 19.1 Å². The number of hydrogen-bond acceptors (Lipinski definition) is 5. The van der Waals surface area contributed by atoms with E-state index in [1.54, 1.807) is 9.80 Å². The lowest BCUT2D eigenvalue weighted by molar-refractivity contribution is -0.144. The van der Waals surface area contributed by atoms with Gasteiger partial charge in [0.05, 0.1) is 6.61 Å². The van der Waals surface area contributed by atoms with Crippen LogP contribution in [0.2, 0.25) is 0 Å². The molecule has 2 saturated heterocycles. The molecule has 4 N–H and O–H groups in total. The fraction of sp³-hybridized carbons (Fsp3) is 0.625. The molecule has 4 rings (SSSR count). The molecule has 3 heterocycles. The Kier molecular flexibility index (Phi) is 8.12. The number of rotatable bonds is 3. The third kappa shape index (κ3) is 5.79. The Labute approximate surface area is 190 Å². The molecule has 3 aliphatic rings. The van der Waals surface area contributed by atoms with Gasteiger partial charge in [-0.25, -0.2) is 0 Å². The first-order valence-corrected chi connectivity index (χ1v) is 11.6. The van der Waals surface area contributed by atoms with Crippen molar-refractivity contribution in [2.24, 2.45) is 17.4 Å². The number of benzene rings is 1. The Bertz CT molecular complexity index is 803. The fourth-order valence-electron chi connectivity index (χ4n) is 4.68. The summed E-state index contributed by atoms with van der Waals surface area (Å²) in [4.78, 5) is 39.6. The van der Waals surface area contributed by atoms with Gasteiger partial charge in [-0.15, -0.1) is 0 Å². The van der Waals surface area contributed by atoms with Gasteiger partial charge in [-0.2, -0.15) is 0 Å². The summed E-state index contributed by atoms with van der Waals surface area (Å²) in [6.45, 7) is 5.64. The minimum atomic E-state index is -0.793. The van der Waals surface area contributed by atoms with Crippen LogP contribution < -0.4 is 16.2 Å². The number of nitrogens with zero attached hydrogens (tertiary/aromatic N) is 2. The van der Waals surface area contributed by atoms with Crippen molar-refractivity contribution in [3.05, 3.63) is 29.8 Å². The Hall–Kier alpha value is -2.61. The van der Waals surface area contributed by atoms with E-state index in [1.165, 1.54) is 12.0 Å². The van der Waals surface area contributed by atoms with E-state index < -0.39 is 18.0 Å². The van der Waals surface area contributed by atoms with E-state index in [4.69, 9.17) is 16.2 Å². The van der Waals surface area contributed by atoms with Crippen LogP contribution in [0, 0.1) is 5.92 Å². The number of amides is 3. The highest BCUT2D eigenvalue weighted by atomic mass is 16.5. The minimum absolute atomic E-state index is 0.0381.